The Morgan fingerprint density at radius 1 is 0.833 bits per heavy atom. The molecule has 0 heterocycles. The molecule has 0 fully saturated rings. The zero-order valence-electron chi connectivity index (χ0n) is 25.3. The van der Waals surface area contributed by atoms with Crippen molar-refractivity contribution in [2.24, 2.45) is 11.5 Å². The lowest BCUT2D eigenvalue weighted by Gasteiger charge is -2.27. The quantitative estimate of drug-likeness (QED) is 0.0301. The Labute approximate surface area is 255 Å². The summed E-state index contributed by atoms with van der Waals surface area (Å²) in [5.74, 6) is 0.438. The highest BCUT2D eigenvalue weighted by Gasteiger charge is 2.31. The molecule has 0 aromatic carbocycles. The number of nitrogens with zero attached hydrogens (tertiary/aromatic N) is 1. The van der Waals surface area contributed by atoms with Crippen molar-refractivity contribution in [1.29, 1.82) is 0 Å². The summed E-state index contributed by atoms with van der Waals surface area (Å²) < 4.78 is 5.22. The molecular formula is C27H58N6O8S. The van der Waals surface area contributed by atoms with Crippen molar-refractivity contribution < 1.29 is 39.9 Å². The van der Waals surface area contributed by atoms with Crippen LogP contribution in [0.25, 0.3) is 0 Å². The Morgan fingerprint density at radius 2 is 1.45 bits per heavy atom. The van der Waals surface area contributed by atoms with E-state index >= 15 is 0 Å². The van der Waals surface area contributed by atoms with E-state index in [1.54, 1.807) is 7.11 Å². The van der Waals surface area contributed by atoms with Crippen molar-refractivity contribution in [3.8, 4) is 0 Å². The highest BCUT2D eigenvalue weighted by molar-refractivity contribution is 8.00. The zero-order valence-corrected chi connectivity index (χ0v) is 26.1. The topological polar surface area (TPSA) is 236 Å². The molecule has 0 saturated heterocycles. The van der Waals surface area contributed by atoms with Crippen LogP contribution in [0.2, 0.25) is 0 Å². The van der Waals surface area contributed by atoms with Crippen LogP contribution in [0.1, 0.15) is 51.4 Å². The van der Waals surface area contributed by atoms with Gasteiger partial charge in [-0.1, -0.05) is 6.42 Å². The molecule has 0 aromatic heterocycles. The Kier molecular flexibility index (Phi) is 26.7. The first-order valence-corrected chi connectivity index (χ1v) is 16.1. The molecule has 12 N–H and O–H groups in total. The summed E-state index contributed by atoms with van der Waals surface area (Å²) in [4.78, 5) is 27.1. The van der Waals surface area contributed by atoms with E-state index in [0.29, 0.717) is 51.4 Å². The van der Waals surface area contributed by atoms with E-state index in [1.807, 2.05) is 0 Å². The lowest BCUT2D eigenvalue weighted by atomic mass is 10.0. The first-order chi connectivity index (χ1) is 20.2. The maximum Gasteiger partial charge on any atom is 0.247 e. The van der Waals surface area contributed by atoms with Gasteiger partial charge in [0, 0.05) is 39.7 Å². The minimum absolute atomic E-state index is 0.0585. The number of amides is 2. The standard InChI is InChI=1S/C27H58N6O8S/c1-41-17-16-33(14-7-12-30-23(37)9-3-2-4-10-28)15-8-13-31-26(40)27(42-18-6-5-11-29)32-19-21(35)24(38)25(39)22(36)20-34/h21-22,24-25,27,32,34-36,38-39H,2-20,28-29H2,1H3,(H,30,37)(H,31,40). The van der Waals surface area contributed by atoms with Gasteiger partial charge in [0.1, 0.15) is 23.7 Å². The van der Waals surface area contributed by atoms with Crippen LogP contribution in [0.4, 0.5) is 0 Å². The Morgan fingerprint density at radius 3 is 2.07 bits per heavy atom. The first-order valence-electron chi connectivity index (χ1n) is 15.1. The molecule has 0 aliphatic rings. The fraction of sp³-hybridized carbons (Fsp3) is 0.926. The molecular weight excluding hydrogens is 568 g/mol. The number of ether oxygens (including phenoxy) is 1. The second kappa shape index (κ2) is 27.4. The maximum atomic E-state index is 12.9. The lowest BCUT2D eigenvalue weighted by molar-refractivity contribution is -0.122. The van der Waals surface area contributed by atoms with Crippen LogP contribution >= 0.6 is 11.8 Å². The Balaban J connectivity index is 4.65. The van der Waals surface area contributed by atoms with E-state index in [1.165, 1.54) is 11.8 Å². The molecule has 250 valence electrons. The molecule has 0 saturated carbocycles. The van der Waals surface area contributed by atoms with Crippen molar-refractivity contribution in [3.05, 3.63) is 0 Å². The normalized spacial score (nSPS) is 15.3. The number of aliphatic hydroxyl groups excluding tert-OH is 5. The van der Waals surface area contributed by atoms with Gasteiger partial charge in [-0.05, 0) is 70.5 Å². The van der Waals surface area contributed by atoms with E-state index in [9.17, 15) is 30.0 Å². The van der Waals surface area contributed by atoms with Crippen LogP contribution < -0.4 is 27.4 Å². The van der Waals surface area contributed by atoms with Crippen molar-refractivity contribution in [3.63, 3.8) is 0 Å². The summed E-state index contributed by atoms with van der Waals surface area (Å²) in [7, 11) is 1.65. The van der Waals surface area contributed by atoms with Gasteiger partial charge in [-0.15, -0.1) is 11.8 Å². The number of thioether (sulfide) groups is 1. The molecule has 14 nitrogen and oxygen atoms in total. The summed E-state index contributed by atoms with van der Waals surface area (Å²) in [6.45, 7) is 4.05. The van der Waals surface area contributed by atoms with Crippen LogP contribution in [-0.2, 0) is 14.3 Å². The molecule has 0 rings (SSSR count). The highest BCUT2D eigenvalue weighted by Crippen LogP contribution is 2.13. The maximum absolute atomic E-state index is 12.9. The molecule has 0 aromatic rings. The third-order valence-corrected chi connectivity index (χ3v) is 7.84. The van der Waals surface area contributed by atoms with Crippen LogP contribution in [-0.4, -0.2) is 150 Å². The molecule has 15 heteroatoms. The van der Waals surface area contributed by atoms with E-state index in [2.05, 4.69) is 20.9 Å². The second-order valence-corrected chi connectivity index (χ2v) is 11.4. The van der Waals surface area contributed by atoms with Gasteiger partial charge < -0.3 is 57.3 Å². The Bertz CT molecular complexity index is 672. The van der Waals surface area contributed by atoms with E-state index in [0.717, 1.165) is 58.2 Å². The van der Waals surface area contributed by atoms with Crippen LogP contribution in [0.15, 0.2) is 0 Å². The Hall–Kier alpha value is -1.11. The van der Waals surface area contributed by atoms with E-state index < -0.39 is 36.4 Å². The lowest BCUT2D eigenvalue weighted by Crippen LogP contribution is -2.52. The van der Waals surface area contributed by atoms with Gasteiger partial charge >= 0.3 is 0 Å². The summed E-state index contributed by atoms with van der Waals surface area (Å²) in [5.41, 5.74) is 11.0. The molecule has 5 atom stereocenters. The minimum Gasteiger partial charge on any atom is -0.394 e. The van der Waals surface area contributed by atoms with Crippen molar-refractivity contribution in [2.75, 3.05) is 78.4 Å². The van der Waals surface area contributed by atoms with Gasteiger partial charge in [0.25, 0.3) is 0 Å². The van der Waals surface area contributed by atoms with E-state index in [4.69, 9.17) is 21.3 Å². The number of aliphatic hydroxyl groups is 5. The summed E-state index contributed by atoms with van der Waals surface area (Å²) in [6.07, 6.45) is -0.155. The van der Waals surface area contributed by atoms with Crippen molar-refractivity contribution in [1.82, 2.24) is 20.9 Å². The third kappa shape index (κ3) is 20.7. The van der Waals surface area contributed by atoms with Gasteiger partial charge in [-0.25, -0.2) is 0 Å². The number of carbonyl (C=O) groups excluding carboxylic acids is 2. The molecule has 2 amide bonds. The molecule has 5 unspecified atom stereocenters. The van der Waals surface area contributed by atoms with Crippen molar-refractivity contribution in [2.45, 2.75) is 81.2 Å². The van der Waals surface area contributed by atoms with Gasteiger partial charge in [0.15, 0.2) is 0 Å². The average molecular weight is 627 g/mol. The molecule has 0 bridgehead atoms. The van der Waals surface area contributed by atoms with Crippen molar-refractivity contribution >= 4 is 23.6 Å². The second-order valence-electron chi connectivity index (χ2n) is 10.2. The van der Waals surface area contributed by atoms with Gasteiger partial charge in [-0.2, -0.15) is 0 Å². The first kappa shape index (κ1) is 40.9. The number of unbranched alkanes of at least 4 members (excludes halogenated alkanes) is 3. The number of hydrogen-bond acceptors (Lipinski definition) is 13. The van der Waals surface area contributed by atoms with Gasteiger partial charge in [0.2, 0.25) is 11.8 Å². The predicted octanol–water partition coefficient (Wildman–Crippen LogP) is -2.71. The summed E-state index contributed by atoms with van der Waals surface area (Å²) in [6, 6.07) is 0. The number of carbonyl (C=O) groups is 2. The molecule has 0 spiro atoms. The van der Waals surface area contributed by atoms with Crippen LogP contribution in [0.3, 0.4) is 0 Å². The average Bonchev–Trinajstić information content (AvgIpc) is 2.99. The zero-order chi connectivity index (χ0) is 31.6. The molecule has 0 aliphatic heterocycles. The fourth-order valence-electron chi connectivity index (χ4n) is 3.97. The van der Waals surface area contributed by atoms with Crippen LogP contribution in [0, 0.1) is 0 Å². The smallest absolute Gasteiger partial charge is 0.247 e. The monoisotopic (exact) mass is 626 g/mol. The minimum atomic E-state index is -1.74. The number of nitrogens with one attached hydrogen (secondary N) is 3. The SMILES string of the molecule is COCCN(CCCNC(=O)CCCCCN)CCCNC(=O)C(NCC(O)C(O)C(O)C(O)CO)SCCCCN. The number of hydrogen-bond donors (Lipinski definition) is 10. The van der Waals surface area contributed by atoms with Crippen LogP contribution in [0.5, 0.6) is 0 Å². The highest BCUT2D eigenvalue weighted by atomic mass is 32.2. The van der Waals surface area contributed by atoms with Gasteiger partial charge in [-0.3, -0.25) is 14.9 Å². The fourth-order valence-corrected chi connectivity index (χ4v) is 5.03. The number of methoxy groups -OCH3 is 1. The molecule has 0 radical (unpaired) electrons. The van der Waals surface area contributed by atoms with E-state index in [-0.39, 0.29) is 18.4 Å². The summed E-state index contributed by atoms with van der Waals surface area (Å²) in [5, 5.41) is 56.7. The number of nitrogens with two attached hydrogens (primary N) is 2. The summed E-state index contributed by atoms with van der Waals surface area (Å²) >= 11 is 1.35. The number of rotatable bonds is 29. The molecule has 42 heavy (non-hydrogen) atoms. The largest absolute Gasteiger partial charge is 0.394 e. The van der Waals surface area contributed by atoms with Gasteiger partial charge in [0.05, 0.1) is 19.3 Å². The third-order valence-electron chi connectivity index (χ3n) is 6.60. The molecule has 0 aliphatic carbocycles. The predicted molar refractivity (Wildman–Crippen MR) is 165 cm³/mol.